The number of terminal acetylenes is 1. The fourth-order valence-electron chi connectivity index (χ4n) is 1.99. The minimum Gasteiger partial charge on any atom is -0.371 e. The predicted molar refractivity (Wildman–Crippen MR) is 66.4 cm³/mol. The minimum atomic E-state index is 1.03. The standard InChI is InChI=1S/C14H21N/c1-4-11-15(12-5-2)14-10-8-7-9-13(14)6-3/h3,8,10H,4-5,7,9,11-12H2,1-2H3. The quantitative estimate of drug-likeness (QED) is 0.619. The molecule has 0 bridgehead atoms. The second kappa shape index (κ2) is 6.35. The first kappa shape index (κ1) is 11.9. The lowest BCUT2D eigenvalue weighted by molar-refractivity contribution is 0.350. The van der Waals surface area contributed by atoms with Crippen LogP contribution in [0.5, 0.6) is 0 Å². The highest BCUT2D eigenvalue weighted by Gasteiger charge is 2.12. The Labute approximate surface area is 93.9 Å². The van der Waals surface area contributed by atoms with Crippen molar-refractivity contribution in [3.05, 3.63) is 23.4 Å². The molecule has 0 saturated carbocycles. The summed E-state index contributed by atoms with van der Waals surface area (Å²) in [7, 11) is 0. The maximum atomic E-state index is 5.56. The SMILES string of the molecule is C#CC1=C(N(CCC)CCC)C=CCC1. The van der Waals surface area contributed by atoms with Gasteiger partial charge in [0.15, 0.2) is 0 Å². The van der Waals surface area contributed by atoms with Crippen LogP contribution < -0.4 is 0 Å². The molecule has 0 radical (unpaired) electrons. The smallest absolute Gasteiger partial charge is 0.0480 e. The Morgan fingerprint density at radius 3 is 2.53 bits per heavy atom. The Balaban J connectivity index is 2.84. The van der Waals surface area contributed by atoms with Crippen LogP contribution in [0, 0.1) is 12.3 Å². The Hall–Kier alpha value is -1.16. The molecular weight excluding hydrogens is 182 g/mol. The lowest BCUT2D eigenvalue weighted by Crippen LogP contribution is -2.25. The molecule has 0 aliphatic heterocycles. The summed E-state index contributed by atoms with van der Waals surface area (Å²) in [5.41, 5.74) is 2.46. The molecule has 1 aliphatic rings. The topological polar surface area (TPSA) is 3.24 Å². The molecule has 1 aliphatic carbocycles. The Bertz CT molecular complexity index is 285. The van der Waals surface area contributed by atoms with Crippen LogP contribution in [0.4, 0.5) is 0 Å². The third-order valence-electron chi connectivity index (χ3n) is 2.65. The van der Waals surface area contributed by atoms with E-state index in [1.165, 1.54) is 24.1 Å². The second-order valence-electron chi connectivity index (χ2n) is 3.94. The van der Waals surface area contributed by atoms with Crippen LogP contribution in [0.15, 0.2) is 23.4 Å². The van der Waals surface area contributed by atoms with Crippen molar-refractivity contribution in [1.29, 1.82) is 0 Å². The molecule has 0 atom stereocenters. The zero-order valence-electron chi connectivity index (χ0n) is 9.92. The molecule has 0 N–H and O–H groups in total. The van der Waals surface area contributed by atoms with Gasteiger partial charge >= 0.3 is 0 Å². The fraction of sp³-hybridized carbons (Fsp3) is 0.571. The van der Waals surface area contributed by atoms with Crippen LogP contribution in [-0.2, 0) is 0 Å². The lowest BCUT2D eigenvalue weighted by atomic mass is 10.0. The number of hydrogen-bond donors (Lipinski definition) is 0. The normalized spacial score (nSPS) is 15.3. The van der Waals surface area contributed by atoms with Gasteiger partial charge in [0.05, 0.1) is 0 Å². The van der Waals surface area contributed by atoms with E-state index in [0.29, 0.717) is 0 Å². The molecule has 0 aromatic heterocycles. The maximum absolute atomic E-state index is 5.56. The zero-order valence-corrected chi connectivity index (χ0v) is 9.92. The molecule has 1 heteroatoms. The summed E-state index contributed by atoms with van der Waals surface area (Å²) in [4.78, 5) is 2.42. The van der Waals surface area contributed by atoms with Gasteiger partial charge in [-0.25, -0.2) is 0 Å². The molecule has 1 rings (SSSR count). The van der Waals surface area contributed by atoms with Crippen molar-refractivity contribution < 1.29 is 0 Å². The molecule has 0 aromatic carbocycles. The van der Waals surface area contributed by atoms with Crippen LogP contribution >= 0.6 is 0 Å². The zero-order chi connectivity index (χ0) is 11.1. The monoisotopic (exact) mass is 203 g/mol. The maximum Gasteiger partial charge on any atom is 0.0480 e. The summed E-state index contributed by atoms with van der Waals surface area (Å²) in [6, 6.07) is 0. The van der Waals surface area contributed by atoms with Crippen molar-refractivity contribution in [3.8, 4) is 12.3 Å². The summed E-state index contributed by atoms with van der Waals surface area (Å²) in [6.07, 6.45) is 14.5. The molecule has 0 aromatic rings. The number of allylic oxidation sites excluding steroid dienone is 3. The van der Waals surface area contributed by atoms with Crippen LogP contribution in [-0.4, -0.2) is 18.0 Å². The molecule has 0 heterocycles. The van der Waals surface area contributed by atoms with Crippen molar-refractivity contribution in [2.75, 3.05) is 13.1 Å². The molecule has 0 amide bonds. The largest absolute Gasteiger partial charge is 0.371 e. The van der Waals surface area contributed by atoms with Gasteiger partial charge < -0.3 is 4.90 Å². The summed E-state index contributed by atoms with van der Waals surface area (Å²) >= 11 is 0. The number of rotatable bonds is 5. The van der Waals surface area contributed by atoms with Crippen molar-refractivity contribution in [2.24, 2.45) is 0 Å². The van der Waals surface area contributed by atoms with E-state index in [-0.39, 0.29) is 0 Å². The number of hydrogen-bond acceptors (Lipinski definition) is 1. The van der Waals surface area contributed by atoms with E-state index < -0.39 is 0 Å². The molecule has 1 nitrogen and oxygen atoms in total. The van der Waals surface area contributed by atoms with Crippen LogP contribution in [0.25, 0.3) is 0 Å². The molecule has 15 heavy (non-hydrogen) atoms. The second-order valence-corrected chi connectivity index (χ2v) is 3.94. The first-order chi connectivity index (χ1) is 7.33. The van der Waals surface area contributed by atoms with Gasteiger partial charge in [0, 0.05) is 24.4 Å². The van der Waals surface area contributed by atoms with Crippen molar-refractivity contribution in [2.45, 2.75) is 39.5 Å². The van der Waals surface area contributed by atoms with Gasteiger partial charge in [-0.1, -0.05) is 25.8 Å². The van der Waals surface area contributed by atoms with E-state index >= 15 is 0 Å². The van der Waals surface area contributed by atoms with Gasteiger partial charge in [-0.3, -0.25) is 0 Å². The molecular formula is C14H21N. The lowest BCUT2D eigenvalue weighted by Gasteiger charge is -2.27. The highest BCUT2D eigenvalue weighted by atomic mass is 15.1. The Kier molecular flexibility index (Phi) is 5.04. The van der Waals surface area contributed by atoms with E-state index in [1.807, 2.05) is 0 Å². The van der Waals surface area contributed by atoms with Crippen molar-refractivity contribution >= 4 is 0 Å². The van der Waals surface area contributed by atoms with E-state index in [4.69, 9.17) is 6.42 Å². The van der Waals surface area contributed by atoms with E-state index in [0.717, 1.165) is 25.9 Å². The van der Waals surface area contributed by atoms with Crippen molar-refractivity contribution in [1.82, 2.24) is 4.90 Å². The highest BCUT2D eigenvalue weighted by molar-refractivity contribution is 5.39. The van der Waals surface area contributed by atoms with Crippen LogP contribution in [0.2, 0.25) is 0 Å². The first-order valence-corrected chi connectivity index (χ1v) is 5.94. The van der Waals surface area contributed by atoms with E-state index in [1.54, 1.807) is 0 Å². The third kappa shape index (κ3) is 3.16. The van der Waals surface area contributed by atoms with Gasteiger partial charge in [0.1, 0.15) is 0 Å². The molecule has 0 spiro atoms. The van der Waals surface area contributed by atoms with Gasteiger partial charge in [-0.2, -0.15) is 0 Å². The van der Waals surface area contributed by atoms with Crippen molar-refractivity contribution in [3.63, 3.8) is 0 Å². The van der Waals surface area contributed by atoms with Crippen LogP contribution in [0.3, 0.4) is 0 Å². The summed E-state index contributed by atoms with van der Waals surface area (Å²) in [6.45, 7) is 6.65. The first-order valence-electron chi connectivity index (χ1n) is 5.94. The molecule has 0 fully saturated rings. The van der Waals surface area contributed by atoms with E-state index in [9.17, 15) is 0 Å². The number of nitrogens with zero attached hydrogens (tertiary/aromatic N) is 1. The Morgan fingerprint density at radius 1 is 1.33 bits per heavy atom. The van der Waals surface area contributed by atoms with Gasteiger partial charge in [-0.05, 0) is 31.8 Å². The minimum absolute atomic E-state index is 1.03. The predicted octanol–water partition coefficient (Wildman–Crippen LogP) is 3.35. The average Bonchev–Trinajstić information content (AvgIpc) is 2.29. The van der Waals surface area contributed by atoms with E-state index in [2.05, 4.69) is 36.8 Å². The fourth-order valence-corrected chi connectivity index (χ4v) is 1.99. The van der Waals surface area contributed by atoms with Gasteiger partial charge in [0.25, 0.3) is 0 Å². The summed E-state index contributed by atoms with van der Waals surface area (Å²) in [5.74, 6) is 2.84. The molecule has 0 unspecified atom stereocenters. The molecule has 0 saturated heterocycles. The van der Waals surface area contributed by atoms with Gasteiger partial charge in [0.2, 0.25) is 0 Å². The highest BCUT2D eigenvalue weighted by Crippen LogP contribution is 2.21. The van der Waals surface area contributed by atoms with Gasteiger partial charge in [-0.15, -0.1) is 6.42 Å². The third-order valence-corrected chi connectivity index (χ3v) is 2.65. The average molecular weight is 203 g/mol. The summed E-state index contributed by atoms with van der Waals surface area (Å²) < 4.78 is 0. The van der Waals surface area contributed by atoms with Crippen LogP contribution in [0.1, 0.15) is 39.5 Å². The molecule has 82 valence electrons. The Morgan fingerprint density at radius 2 is 2.00 bits per heavy atom. The summed E-state index contributed by atoms with van der Waals surface area (Å²) in [5, 5.41) is 0.